The predicted molar refractivity (Wildman–Crippen MR) is 83.7 cm³/mol. The Morgan fingerprint density at radius 2 is 1.86 bits per heavy atom. The van der Waals surface area contributed by atoms with Crippen molar-refractivity contribution in [1.29, 1.82) is 0 Å². The molecule has 0 amide bonds. The van der Waals surface area contributed by atoms with E-state index in [-0.39, 0.29) is 6.10 Å². The van der Waals surface area contributed by atoms with Gasteiger partial charge >= 0.3 is 0 Å². The average Bonchev–Trinajstić information content (AvgIpc) is 2.49. The molecule has 2 rings (SSSR count). The zero-order valence-corrected chi connectivity index (χ0v) is 13.5. The van der Waals surface area contributed by atoms with Crippen molar-refractivity contribution in [3.63, 3.8) is 0 Å². The minimum atomic E-state index is -3.35. The van der Waals surface area contributed by atoms with E-state index in [0.29, 0.717) is 18.0 Å². The minimum Gasteiger partial charge on any atom is -0.372 e. The third-order valence-electron chi connectivity index (χ3n) is 3.83. The molecule has 0 bridgehead atoms. The molecule has 1 unspecified atom stereocenters. The van der Waals surface area contributed by atoms with Crippen molar-refractivity contribution in [2.45, 2.75) is 56.4 Å². The summed E-state index contributed by atoms with van der Waals surface area (Å²) >= 11 is 0. The zero-order chi connectivity index (χ0) is 15.1. The van der Waals surface area contributed by atoms with Gasteiger partial charge in [0.15, 0.2) is 0 Å². The largest absolute Gasteiger partial charge is 0.372 e. The number of fused-ring (bicyclic) bond motifs is 1. The smallest absolute Gasteiger partial charge is 0.241 e. The highest BCUT2D eigenvalue weighted by Gasteiger charge is 2.29. The van der Waals surface area contributed by atoms with E-state index < -0.39 is 10.0 Å². The van der Waals surface area contributed by atoms with Crippen LogP contribution in [0.15, 0.2) is 29.2 Å². The Hall–Kier alpha value is -0.910. The van der Waals surface area contributed by atoms with E-state index in [1.54, 1.807) is 12.1 Å². The minimum absolute atomic E-state index is 0.166. The number of rotatable bonds is 8. The van der Waals surface area contributed by atoms with Crippen molar-refractivity contribution in [1.82, 2.24) is 4.72 Å². The van der Waals surface area contributed by atoms with Crippen LogP contribution in [0, 0.1) is 0 Å². The van der Waals surface area contributed by atoms with Gasteiger partial charge in [-0.05, 0) is 12.5 Å². The predicted octanol–water partition coefficient (Wildman–Crippen LogP) is 3.40. The third-order valence-corrected chi connectivity index (χ3v) is 5.33. The molecular weight excluding hydrogens is 286 g/mol. The molecule has 0 fully saturated rings. The van der Waals surface area contributed by atoms with Crippen LogP contribution in [0.25, 0.3) is 0 Å². The first-order valence-electron chi connectivity index (χ1n) is 7.85. The fourth-order valence-electron chi connectivity index (χ4n) is 2.62. The molecule has 1 atom stereocenters. The van der Waals surface area contributed by atoms with E-state index in [2.05, 4.69) is 11.6 Å². The number of sulfonamides is 1. The standard InChI is InChI=1S/C16H25NO3S/c1-2-3-4-5-6-9-12-20-15-13-17-21(18,19)16-11-8-7-10-14(15)16/h7-8,10-11,15,17H,2-6,9,12-13H2,1H3. The van der Waals surface area contributed by atoms with Gasteiger partial charge in [-0.1, -0.05) is 57.2 Å². The van der Waals surface area contributed by atoms with Crippen molar-refractivity contribution < 1.29 is 13.2 Å². The summed E-state index contributed by atoms with van der Waals surface area (Å²) in [5.41, 5.74) is 0.780. The van der Waals surface area contributed by atoms with E-state index in [0.717, 1.165) is 12.0 Å². The van der Waals surface area contributed by atoms with Crippen LogP contribution in [-0.4, -0.2) is 21.6 Å². The lowest BCUT2D eigenvalue weighted by Gasteiger charge is -2.26. The second-order valence-corrected chi connectivity index (χ2v) is 7.25. The van der Waals surface area contributed by atoms with Crippen molar-refractivity contribution in [2.24, 2.45) is 0 Å². The van der Waals surface area contributed by atoms with Crippen LogP contribution in [0.2, 0.25) is 0 Å². The molecule has 0 radical (unpaired) electrons. The summed E-state index contributed by atoms with van der Waals surface area (Å²) in [6.07, 6.45) is 7.16. The Labute approximate surface area is 127 Å². The number of hydrogen-bond acceptors (Lipinski definition) is 3. The third kappa shape index (κ3) is 4.53. The highest BCUT2D eigenvalue weighted by atomic mass is 32.2. The van der Waals surface area contributed by atoms with Crippen LogP contribution in [0.1, 0.15) is 57.1 Å². The first kappa shape index (κ1) is 16.5. The lowest BCUT2D eigenvalue weighted by molar-refractivity contribution is 0.0496. The van der Waals surface area contributed by atoms with Gasteiger partial charge in [0.05, 0.1) is 11.0 Å². The molecule has 1 aromatic rings. The number of unbranched alkanes of at least 4 members (excludes halogenated alkanes) is 5. The molecule has 1 aliphatic rings. The van der Waals surface area contributed by atoms with Gasteiger partial charge in [0.2, 0.25) is 10.0 Å². The summed E-state index contributed by atoms with van der Waals surface area (Å²) in [5, 5.41) is 0. The van der Waals surface area contributed by atoms with Gasteiger partial charge in [-0.2, -0.15) is 0 Å². The average molecular weight is 311 g/mol. The summed E-state index contributed by atoms with van der Waals surface area (Å²) < 4.78 is 32.3. The second-order valence-electron chi connectivity index (χ2n) is 5.52. The lowest BCUT2D eigenvalue weighted by Crippen LogP contribution is -2.35. The molecule has 5 heteroatoms. The van der Waals surface area contributed by atoms with Gasteiger partial charge in [0.1, 0.15) is 0 Å². The SMILES string of the molecule is CCCCCCCCOC1CNS(=O)(=O)c2ccccc21. The Bertz CT molecular complexity index is 542. The van der Waals surface area contributed by atoms with E-state index in [1.165, 1.54) is 32.1 Å². The van der Waals surface area contributed by atoms with Crippen molar-refractivity contribution in [2.75, 3.05) is 13.2 Å². The monoisotopic (exact) mass is 311 g/mol. The van der Waals surface area contributed by atoms with E-state index in [9.17, 15) is 8.42 Å². The van der Waals surface area contributed by atoms with Gasteiger partial charge in [-0.25, -0.2) is 13.1 Å². The van der Waals surface area contributed by atoms with Crippen molar-refractivity contribution in [3.8, 4) is 0 Å². The number of ether oxygens (including phenoxy) is 1. The first-order chi connectivity index (χ1) is 10.1. The van der Waals surface area contributed by atoms with Crippen LogP contribution in [0.3, 0.4) is 0 Å². The van der Waals surface area contributed by atoms with Crippen LogP contribution in [0.5, 0.6) is 0 Å². The topological polar surface area (TPSA) is 55.4 Å². The Kier molecular flexibility index (Phi) is 6.21. The van der Waals surface area contributed by atoms with Gasteiger partial charge in [0, 0.05) is 18.7 Å². The number of nitrogens with one attached hydrogen (secondary N) is 1. The zero-order valence-electron chi connectivity index (χ0n) is 12.7. The van der Waals surface area contributed by atoms with Crippen LogP contribution in [-0.2, 0) is 14.8 Å². The maximum Gasteiger partial charge on any atom is 0.241 e. The fourth-order valence-corrected chi connectivity index (χ4v) is 3.91. The molecule has 0 aliphatic carbocycles. The van der Waals surface area contributed by atoms with Gasteiger partial charge in [0.25, 0.3) is 0 Å². The number of hydrogen-bond donors (Lipinski definition) is 1. The van der Waals surface area contributed by atoms with Gasteiger partial charge in [-0.15, -0.1) is 0 Å². The summed E-state index contributed by atoms with van der Waals surface area (Å²) in [5.74, 6) is 0. The van der Waals surface area contributed by atoms with Gasteiger partial charge < -0.3 is 4.74 Å². The molecule has 0 saturated heterocycles. The fraction of sp³-hybridized carbons (Fsp3) is 0.625. The van der Waals surface area contributed by atoms with Gasteiger partial charge in [-0.3, -0.25) is 0 Å². The molecule has 0 aromatic heterocycles. The summed E-state index contributed by atoms with van der Waals surface area (Å²) in [7, 11) is -3.35. The maximum atomic E-state index is 11.9. The summed E-state index contributed by atoms with van der Waals surface area (Å²) in [6, 6.07) is 7.09. The van der Waals surface area contributed by atoms with Crippen molar-refractivity contribution in [3.05, 3.63) is 29.8 Å². The quantitative estimate of drug-likeness (QED) is 0.749. The number of benzene rings is 1. The Morgan fingerprint density at radius 3 is 2.67 bits per heavy atom. The Balaban J connectivity index is 1.83. The molecular formula is C16H25NO3S. The van der Waals surface area contributed by atoms with E-state index >= 15 is 0 Å². The van der Waals surface area contributed by atoms with Crippen LogP contribution in [0.4, 0.5) is 0 Å². The summed E-state index contributed by atoms with van der Waals surface area (Å²) in [4.78, 5) is 0.351. The first-order valence-corrected chi connectivity index (χ1v) is 9.33. The highest BCUT2D eigenvalue weighted by molar-refractivity contribution is 7.89. The molecule has 1 aliphatic heterocycles. The second kappa shape index (κ2) is 7.92. The van der Waals surface area contributed by atoms with Crippen LogP contribution < -0.4 is 4.72 Å². The molecule has 1 aromatic carbocycles. The summed E-state index contributed by atoms with van der Waals surface area (Å²) in [6.45, 7) is 3.23. The normalized spacial score (nSPS) is 20.1. The molecule has 0 saturated carbocycles. The van der Waals surface area contributed by atoms with E-state index in [4.69, 9.17) is 4.74 Å². The van der Waals surface area contributed by atoms with Crippen LogP contribution >= 0.6 is 0 Å². The maximum absolute atomic E-state index is 11.9. The molecule has 1 heterocycles. The van der Waals surface area contributed by atoms with E-state index in [1.807, 2.05) is 12.1 Å². The molecule has 118 valence electrons. The molecule has 0 spiro atoms. The Morgan fingerprint density at radius 1 is 1.14 bits per heavy atom. The van der Waals surface area contributed by atoms with Crippen molar-refractivity contribution >= 4 is 10.0 Å². The lowest BCUT2D eigenvalue weighted by atomic mass is 10.1. The molecule has 21 heavy (non-hydrogen) atoms. The molecule has 4 nitrogen and oxygen atoms in total. The molecule has 1 N–H and O–H groups in total. The highest BCUT2D eigenvalue weighted by Crippen LogP contribution is 2.29.